The van der Waals surface area contributed by atoms with Crippen molar-refractivity contribution in [3.8, 4) is 11.5 Å². The lowest BCUT2D eigenvalue weighted by Crippen LogP contribution is -2.16. The van der Waals surface area contributed by atoms with E-state index in [9.17, 15) is 8.42 Å². The number of fused-ring (bicyclic) bond motifs is 1. The number of hydrogen-bond acceptors (Lipinski definition) is 10. The van der Waals surface area contributed by atoms with E-state index in [1.54, 1.807) is 63.8 Å². The molecule has 11 nitrogen and oxygen atoms in total. The quantitative estimate of drug-likeness (QED) is 0.233. The summed E-state index contributed by atoms with van der Waals surface area (Å²) in [4.78, 5) is 13.3. The van der Waals surface area contributed by atoms with Crippen LogP contribution in [0.15, 0.2) is 65.7 Å². The molecular weight excluding hydrogens is 496 g/mol. The number of hydrogen-bond donors (Lipinski definition) is 3. The van der Waals surface area contributed by atoms with Gasteiger partial charge in [-0.3, -0.25) is 4.72 Å². The molecule has 4 aromatic rings. The van der Waals surface area contributed by atoms with Crippen LogP contribution in [0.3, 0.4) is 0 Å². The third-order valence-electron chi connectivity index (χ3n) is 5.29. The fourth-order valence-electron chi connectivity index (χ4n) is 3.44. The molecule has 0 bridgehead atoms. The second-order valence-electron chi connectivity index (χ2n) is 7.89. The number of para-hydroxylation sites is 2. The fourth-order valence-corrected chi connectivity index (χ4v) is 4.39. The zero-order chi connectivity index (χ0) is 26.3. The molecule has 0 radical (unpaired) electrons. The predicted molar refractivity (Wildman–Crippen MR) is 142 cm³/mol. The van der Waals surface area contributed by atoms with Crippen LogP contribution in [0.1, 0.15) is 6.42 Å². The van der Waals surface area contributed by atoms with Crippen LogP contribution in [0.25, 0.3) is 11.0 Å². The Kier molecular flexibility index (Phi) is 8.21. The van der Waals surface area contributed by atoms with Gasteiger partial charge in [0.2, 0.25) is 0 Å². The van der Waals surface area contributed by atoms with Crippen LogP contribution in [0.4, 0.5) is 23.1 Å². The first-order valence-corrected chi connectivity index (χ1v) is 12.9. The Morgan fingerprint density at radius 3 is 2.14 bits per heavy atom. The number of nitrogens with one attached hydrogen (secondary N) is 3. The lowest BCUT2D eigenvalue weighted by molar-refractivity contribution is 0.198. The molecule has 0 fully saturated rings. The Morgan fingerprint density at radius 2 is 1.54 bits per heavy atom. The van der Waals surface area contributed by atoms with Gasteiger partial charge in [-0.2, -0.15) is 0 Å². The number of nitrogens with zero attached hydrogens (tertiary/aromatic N) is 3. The first kappa shape index (κ1) is 25.9. The number of pyridine rings is 1. The summed E-state index contributed by atoms with van der Waals surface area (Å²) >= 11 is 0. The van der Waals surface area contributed by atoms with E-state index in [2.05, 4.69) is 30.3 Å². The minimum atomic E-state index is -4.02. The van der Waals surface area contributed by atoms with E-state index >= 15 is 0 Å². The number of aromatic nitrogens is 3. The Morgan fingerprint density at radius 1 is 0.865 bits per heavy atom. The maximum absolute atomic E-state index is 13.2. The summed E-state index contributed by atoms with van der Waals surface area (Å²) in [5.74, 6) is 1.92. The number of methoxy groups -OCH3 is 3. The molecule has 12 heteroatoms. The van der Waals surface area contributed by atoms with Gasteiger partial charge in [0.25, 0.3) is 10.0 Å². The first-order valence-electron chi connectivity index (χ1n) is 11.4. The molecule has 0 saturated carbocycles. The third-order valence-corrected chi connectivity index (χ3v) is 6.62. The number of sulfonamides is 1. The summed E-state index contributed by atoms with van der Waals surface area (Å²) in [6.07, 6.45) is 2.09. The van der Waals surface area contributed by atoms with Gasteiger partial charge in [0.1, 0.15) is 22.2 Å². The van der Waals surface area contributed by atoms with Crippen LogP contribution in [-0.2, 0) is 14.8 Å². The van der Waals surface area contributed by atoms with Gasteiger partial charge in [0.15, 0.2) is 11.6 Å². The number of rotatable bonds is 12. The van der Waals surface area contributed by atoms with Crippen molar-refractivity contribution in [2.45, 2.75) is 11.3 Å². The second kappa shape index (κ2) is 11.7. The molecule has 0 aliphatic heterocycles. The van der Waals surface area contributed by atoms with Crippen LogP contribution in [-0.4, -0.2) is 57.9 Å². The van der Waals surface area contributed by atoms with Crippen LogP contribution in [0, 0.1) is 0 Å². The highest BCUT2D eigenvalue weighted by Crippen LogP contribution is 2.31. The SMILES string of the molecule is COCCCNc1ccc(S(=O)(=O)Nc2nc3ccccc3nc2Nc2cc(OC)cc(OC)c2)cn1. The van der Waals surface area contributed by atoms with Gasteiger partial charge in [0, 0.05) is 50.3 Å². The molecule has 4 rings (SSSR count). The minimum Gasteiger partial charge on any atom is -0.497 e. The third kappa shape index (κ3) is 6.54. The maximum atomic E-state index is 13.2. The van der Waals surface area contributed by atoms with Gasteiger partial charge in [-0.1, -0.05) is 12.1 Å². The first-order chi connectivity index (χ1) is 17.9. The lowest BCUT2D eigenvalue weighted by atomic mass is 10.2. The molecule has 0 aliphatic rings. The molecule has 0 aliphatic carbocycles. The van der Waals surface area contributed by atoms with E-state index in [0.717, 1.165) is 6.42 Å². The number of anilines is 4. The van der Waals surface area contributed by atoms with Crippen LogP contribution < -0.4 is 24.8 Å². The lowest BCUT2D eigenvalue weighted by Gasteiger charge is -2.15. The normalized spacial score (nSPS) is 11.2. The standard InChI is InChI=1S/C25H28N6O5S/c1-34-12-6-11-26-23-10-9-20(16-27-23)37(32,33)31-25-24(29-21-7-4-5-8-22(21)30-25)28-17-13-18(35-2)15-19(14-17)36-3/h4-5,7-10,13-16H,6,11-12H2,1-3H3,(H,26,27)(H,28,29)(H,30,31). The fraction of sp³-hybridized carbons (Fsp3) is 0.240. The van der Waals surface area contributed by atoms with Gasteiger partial charge >= 0.3 is 0 Å². The second-order valence-corrected chi connectivity index (χ2v) is 9.58. The predicted octanol–water partition coefficient (Wildman–Crippen LogP) is 4.03. The summed E-state index contributed by atoms with van der Waals surface area (Å²) in [7, 11) is 0.706. The molecule has 0 spiro atoms. The summed E-state index contributed by atoms with van der Waals surface area (Å²) in [5.41, 5.74) is 1.70. The summed E-state index contributed by atoms with van der Waals surface area (Å²) in [6, 6.07) is 15.5. The Labute approximate surface area is 215 Å². The number of benzene rings is 2. The van der Waals surface area contributed by atoms with Crippen molar-refractivity contribution in [3.05, 3.63) is 60.8 Å². The average molecular weight is 525 g/mol. The van der Waals surface area contributed by atoms with Gasteiger partial charge < -0.3 is 24.8 Å². The zero-order valence-electron chi connectivity index (χ0n) is 20.7. The van der Waals surface area contributed by atoms with Gasteiger partial charge in [-0.25, -0.2) is 23.4 Å². The molecule has 0 amide bonds. The molecule has 0 atom stereocenters. The molecule has 37 heavy (non-hydrogen) atoms. The monoisotopic (exact) mass is 524 g/mol. The summed E-state index contributed by atoms with van der Waals surface area (Å²) in [5, 5.41) is 6.26. The van der Waals surface area contributed by atoms with E-state index in [-0.39, 0.29) is 16.5 Å². The van der Waals surface area contributed by atoms with Crippen LogP contribution in [0.2, 0.25) is 0 Å². The van der Waals surface area contributed by atoms with E-state index in [0.29, 0.717) is 47.2 Å². The average Bonchev–Trinajstić information content (AvgIpc) is 2.91. The van der Waals surface area contributed by atoms with Crippen molar-refractivity contribution in [1.82, 2.24) is 15.0 Å². The topological polar surface area (TPSA) is 137 Å². The summed E-state index contributed by atoms with van der Waals surface area (Å²) in [6.45, 7) is 1.27. The number of ether oxygens (including phenoxy) is 3. The van der Waals surface area contributed by atoms with Gasteiger partial charge in [-0.05, 0) is 30.7 Å². The van der Waals surface area contributed by atoms with Crippen molar-refractivity contribution < 1.29 is 22.6 Å². The van der Waals surface area contributed by atoms with Gasteiger partial charge in [0.05, 0.1) is 25.3 Å². The molecule has 0 unspecified atom stereocenters. The minimum absolute atomic E-state index is 0.0149. The van der Waals surface area contributed by atoms with Crippen LogP contribution in [0.5, 0.6) is 11.5 Å². The van der Waals surface area contributed by atoms with Crippen molar-refractivity contribution in [3.63, 3.8) is 0 Å². The Balaban J connectivity index is 1.63. The molecular formula is C25H28N6O5S. The summed E-state index contributed by atoms with van der Waals surface area (Å²) < 4.78 is 44.7. The van der Waals surface area contributed by atoms with E-state index in [4.69, 9.17) is 14.2 Å². The van der Waals surface area contributed by atoms with E-state index < -0.39 is 10.0 Å². The van der Waals surface area contributed by atoms with Crippen LogP contribution >= 0.6 is 0 Å². The smallest absolute Gasteiger partial charge is 0.264 e. The molecule has 3 N–H and O–H groups in total. The van der Waals surface area contributed by atoms with Crippen molar-refractivity contribution in [2.75, 3.05) is 49.8 Å². The Hall–Kier alpha value is -4.16. The zero-order valence-corrected chi connectivity index (χ0v) is 21.5. The van der Waals surface area contributed by atoms with Gasteiger partial charge in [-0.15, -0.1) is 0 Å². The Bertz CT molecular complexity index is 1440. The maximum Gasteiger partial charge on any atom is 0.264 e. The molecule has 2 heterocycles. The highest BCUT2D eigenvalue weighted by atomic mass is 32.2. The highest BCUT2D eigenvalue weighted by molar-refractivity contribution is 7.92. The van der Waals surface area contributed by atoms with E-state index in [1.165, 1.54) is 12.3 Å². The van der Waals surface area contributed by atoms with Crippen molar-refractivity contribution in [2.24, 2.45) is 0 Å². The molecule has 0 saturated heterocycles. The van der Waals surface area contributed by atoms with Crippen molar-refractivity contribution >= 4 is 44.2 Å². The molecule has 194 valence electrons. The molecule has 2 aromatic heterocycles. The highest BCUT2D eigenvalue weighted by Gasteiger charge is 2.20. The largest absolute Gasteiger partial charge is 0.497 e. The molecule has 2 aromatic carbocycles. The van der Waals surface area contributed by atoms with Crippen molar-refractivity contribution in [1.29, 1.82) is 0 Å². The van der Waals surface area contributed by atoms with E-state index in [1.807, 2.05) is 6.07 Å².